The van der Waals surface area contributed by atoms with Crippen molar-refractivity contribution in [2.75, 3.05) is 6.54 Å². The molecule has 0 aromatic heterocycles. The zero-order valence-electron chi connectivity index (χ0n) is 10.6. The minimum absolute atomic E-state index is 0.114. The Morgan fingerprint density at radius 2 is 2.21 bits per heavy atom. The molecule has 6 heteroatoms. The van der Waals surface area contributed by atoms with E-state index in [1.54, 1.807) is 4.90 Å². The lowest BCUT2D eigenvalue weighted by atomic mass is 10.0. The molecule has 102 valence electrons. The highest BCUT2D eigenvalue weighted by atomic mass is 35.5. The van der Waals surface area contributed by atoms with E-state index in [4.69, 9.17) is 11.6 Å². The molecule has 0 aliphatic carbocycles. The number of rotatable bonds is 2. The van der Waals surface area contributed by atoms with Crippen LogP contribution in [0, 0.1) is 10.1 Å². The Morgan fingerprint density at radius 1 is 1.47 bits per heavy atom. The Kier molecular flexibility index (Phi) is 4.04. The quantitative estimate of drug-likeness (QED) is 0.618. The summed E-state index contributed by atoms with van der Waals surface area (Å²) in [6, 6.07) is 4.29. The van der Waals surface area contributed by atoms with Crippen LogP contribution in [-0.2, 0) is 0 Å². The molecule has 5 nitrogen and oxygen atoms in total. The van der Waals surface area contributed by atoms with Gasteiger partial charge in [0.15, 0.2) is 0 Å². The summed E-state index contributed by atoms with van der Waals surface area (Å²) in [7, 11) is 0. The van der Waals surface area contributed by atoms with Gasteiger partial charge in [-0.2, -0.15) is 0 Å². The van der Waals surface area contributed by atoms with Crippen LogP contribution in [0.4, 0.5) is 5.69 Å². The smallest absolute Gasteiger partial charge is 0.283 e. The van der Waals surface area contributed by atoms with Gasteiger partial charge in [0.2, 0.25) is 0 Å². The molecule has 0 bridgehead atoms. The summed E-state index contributed by atoms with van der Waals surface area (Å²) in [4.78, 5) is 24.6. The molecule has 19 heavy (non-hydrogen) atoms. The van der Waals surface area contributed by atoms with Gasteiger partial charge in [0.25, 0.3) is 11.6 Å². The minimum Gasteiger partial charge on any atom is -0.336 e. The van der Waals surface area contributed by atoms with E-state index >= 15 is 0 Å². The van der Waals surface area contributed by atoms with E-state index in [0.29, 0.717) is 6.54 Å². The molecule has 1 atom stereocenters. The van der Waals surface area contributed by atoms with Gasteiger partial charge >= 0.3 is 0 Å². The van der Waals surface area contributed by atoms with Gasteiger partial charge in [0.1, 0.15) is 5.56 Å². The molecular formula is C13H15ClN2O3. The second kappa shape index (κ2) is 5.57. The fourth-order valence-corrected chi connectivity index (χ4v) is 2.56. The Hall–Kier alpha value is -1.62. The van der Waals surface area contributed by atoms with Crippen molar-refractivity contribution < 1.29 is 9.72 Å². The summed E-state index contributed by atoms with van der Waals surface area (Å²) in [6.07, 6.45) is 2.97. The first-order chi connectivity index (χ1) is 9.00. The van der Waals surface area contributed by atoms with Crippen LogP contribution in [0.5, 0.6) is 0 Å². The lowest BCUT2D eigenvalue weighted by Crippen LogP contribution is -2.42. The van der Waals surface area contributed by atoms with Crippen LogP contribution in [0.2, 0.25) is 5.02 Å². The first-order valence-corrected chi connectivity index (χ1v) is 6.63. The first-order valence-electron chi connectivity index (χ1n) is 6.25. The average Bonchev–Trinajstić information content (AvgIpc) is 2.38. The van der Waals surface area contributed by atoms with Crippen LogP contribution < -0.4 is 0 Å². The van der Waals surface area contributed by atoms with Gasteiger partial charge in [-0.1, -0.05) is 11.6 Å². The zero-order valence-corrected chi connectivity index (χ0v) is 11.4. The van der Waals surface area contributed by atoms with Crippen LogP contribution in [0.1, 0.15) is 36.5 Å². The molecule has 0 spiro atoms. The molecule has 0 saturated carbocycles. The van der Waals surface area contributed by atoms with Crippen molar-refractivity contribution in [3.8, 4) is 0 Å². The Bertz CT molecular complexity index is 519. The van der Waals surface area contributed by atoms with Crippen LogP contribution >= 0.6 is 11.6 Å². The summed E-state index contributed by atoms with van der Waals surface area (Å²) in [5.74, 6) is -0.282. The fourth-order valence-electron chi connectivity index (χ4n) is 2.39. The van der Waals surface area contributed by atoms with Crippen molar-refractivity contribution in [2.24, 2.45) is 0 Å². The standard InChI is InChI=1S/C13H15ClN2O3/c1-9-4-2-3-7-15(9)13(17)11-6-5-10(14)8-12(11)16(18)19/h5-6,8-9H,2-4,7H2,1H3/t9-/m1/s1. The van der Waals surface area contributed by atoms with Gasteiger partial charge in [0, 0.05) is 23.7 Å². The highest BCUT2D eigenvalue weighted by Crippen LogP contribution is 2.27. The normalized spacial score (nSPS) is 19.3. The molecule has 1 aliphatic heterocycles. The van der Waals surface area contributed by atoms with Crippen LogP contribution in [0.15, 0.2) is 18.2 Å². The second-order valence-corrected chi connectivity index (χ2v) is 5.20. The van der Waals surface area contributed by atoms with Crippen molar-refractivity contribution in [3.63, 3.8) is 0 Å². The molecule has 1 aromatic carbocycles. The number of nitrogens with zero attached hydrogens (tertiary/aromatic N) is 2. The molecule has 1 aromatic rings. The van der Waals surface area contributed by atoms with E-state index in [-0.39, 0.29) is 28.2 Å². The average molecular weight is 283 g/mol. The van der Waals surface area contributed by atoms with Gasteiger partial charge in [0.05, 0.1) is 4.92 Å². The molecule has 1 saturated heterocycles. The number of carbonyl (C=O) groups is 1. The van der Waals surface area contributed by atoms with Gasteiger partial charge in [-0.15, -0.1) is 0 Å². The predicted octanol–water partition coefficient (Wildman–Crippen LogP) is 3.26. The fraction of sp³-hybridized carbons (Fsp3) is 0.462. The number of amides is 1. The lowest BCUT2D eigenvalue weighted by Gasteiger charge is -2.33. The molecule has 1 fully saturated rings. The monoisotopic (exact) mass is 282 g/mol. The minimum atomic E-state index is -0.562. The van der Waals surface area contributed by atoms with Crippen molar-refractivity contribution in [2.45, 2.75) is 32.2 Å². The third-order valence-electron chi connectivity index (χ3n) is 3.45. The Labute approximate surface area is 116 Å². The number of hydrogen-bond donors (Lipinski definition) is 0. The van der Waals surface area contributed by atoms with E-state index in [1.165, 1.54) is 18.2 Å². The maximum absolute atomic E-state index is 12.4. The molecular weight excluding hydrogens is 268 g/mol. The van der Waals surface area contributed by atoms with Gasteiger partial charge in [-0.05, 0) is 38.3 Å². The van der Waals surface area contributed by atoms with E-state index in [9.17, 15) is 14.9 Å². The van der Waals surface area contributed by atoms with E-state index in [1.807, 2.05) is 6.92 Å². The Balaban J connectivity index is 2.35. The second-order valence-electron chi connectivity index (χ2n) is 4.76. The van der Waals surface area contributed by atoms with E-state index < -0.39 is 4.92 Å². The van der Waals surface area contributed by atoms with Crippen LogP contribution in [0.25, 0.3) is 0 Å². The van der Waals surface area contributed by atoms with Gasteiger partial charge < -0.3 is 4.90 Å². The van der Waals surface area contributed by atoms with E-state index in [2.05, 4.69) is 0 Å². The largest absolute Gasteiger partial charge is 0.336 e. The van der Waals surface area contributed by atoms with Crippen molar-refractivity contribution in [1.29, 1.82) is 0 Å². The summed E-state index contributed by atoms with van der Waals surface area (Å²) >= 11 is 5.75. The van der Waals surface area contributed by atoms with E-state index in [0.717, 1.165) is 19.3 Å². The summed E-state index contributed by atoms with van der Waals surface area (Å²) in [5, 5.41) is 11.3. The number of hydrogen-bond acceptors (Lipinski definition) is 3. The number of halogens is 1. The molecule has 1 heterocycles. The van der Waals surface area contributed by atoms with Crippen molar-refractivity contribution >= 4 is 23.2 Å². The predicted molar refractivity (Wildman–Crippen MR) is 72.5 cm³/mol. The molecule has 0 unspecified atom stereocenters. The Morgan fingerprint density at radius 3 is 2.84 bits per heavy atom. The first kappa shape index (κ1) is 13.8. The molecule has 2 rings (SSSR count). The third-order valence-corrected chi connectivity index (χ3v) is 3.69. The maximum Gasteiger partial charge on any atom is 0.283 e. The number of carbonyl (C=O) groups excluding carboxylic acids is 1. The summed E-state index contributed by atoms with van der Waals surface area (Å²) in [5.41, 5.74) is -0.113. The van der Waals surface area contributed by atoms with Crippen LogP contribution in [0.3, 0.4) is 0 Å². The third kappa shape index (κ3) is 2.87. The highest BCUT2D eigenvalue weighted by Gasteiger charge is 2.29. The molecule has 0 N–H and O–H groups in total. The molecule has 1 amide bonds. The summed E-state index contributed by atoms with van der Waals surface area (Å²) in [6.45, 7) is 2.62. The van der Waals surface area contributed by atoms with Crippen LogP contribution in [-0.4, -0.2) is 28.3 Å². The molecule has 1 aliphatic rings. The van der Waals surface area contributed by atoms with Crippen molar-refractivity contribution in [3.05, 3.63) is 38.9 Å². The highest BCUT2D eigenvalue weighted by molar-refractivity contribution is 6.31. The topological polar surface area (TPSA) is 63.5 Å². The SMILES string of the molecule is C[C@@H]1CCCCN1C(=O)c1ccc(Cl)cc1[N+](=O)[O-]. The van der Waals surface area contributed by atoms with Gasteiger partial charge in [-0.3, -0.25) is 14.9 Å². The number of likely N-dealkylation sites (tertiary alicyclic amines) is 1. The number of benzene rings is 1. The maximum atomic E-state index is 12.4. The summed E-state index contributed by atoms with van der Waals surface area (Å²) < 4.78 is 0. The number of piperidine rings is 1. The van der Waals surface area contributed by atoms with Gasteiger partial charge in [-0.25, -0.2) is 0 Å². The van der Waals surface area contributed by atoms with Crippen molar-refractivity contribution in [1.82, 2.24) is 4.90 Å². The number of nitro groups is 1. The molecule has 0 radical (unpaired) electrons. The zero-order chi connectivity index (χ0) is 14.0. The lowest BCUT2D eigenvalue weighted by molar-refractivity contribution is -0.385. The number of nitro benzene ring substituents is 1.